The molecule has 0 saturated carbocycles. The Balaban J connectivity index is 1.62. The molecular formula is C26H27NO6S. The van der Waals surface area contributed by atoms with Crippen LogP contribution in [0.25, 0.3) is 0 Å². The lowest BCUT2D eigenvalue weighted by atomic mass is 10.0. The first-order chi connectivity index (χ1) is 16.5. The maximum atomic E-state index is 13.7. The van der Waals surface area contributed by atoms with Crippen LogP contribution in [0.2, 0.25) is 0 Å². The summed E-state index contributed by atoms with van der Waals surface area (Å²) in [6, 6.07) is 19.0. The molecule has 0 radical (unpaired) electrons. The highest BCUT2D eigenvalue weighted by Gasteiger charge is 2.32. The van der Waals surface area contributed by atoms with Crippen molar-refractivity contribution in [1.29, 1.82) is 0 Å². The van der Waals surface area contributed by atoms with E-state index in [1.165, 1.54) is 29.6 Å². The fourth-order valence-electron chi connectivity index (χ4n) is 4.02. The smallest absolute Gasteiger partial charge is 0.338 e. The Bertz CT molecular complexity index is 1290. The van der Waals surface area contributed by atoms with E-state index in [2.05, 4.69) is 0 Å². The summed E-state index contributed by atoms with van der Waals surface area (Å²) in [6.07, 6.45) is 1.52. The second kappa shape index (κ2) is 10.2. The summed E-state index contributed by atoms with van der Waals surface area (Å²) >= 11 is 0. The van der Waals surface area contributed by atoms with E-state index in [4.69, 9.17) is 14.2 Å². The van der Waals surface area contributed by atoms with Gasteiger partial charge in [0.1, 0.15) is 23.0 Å². The van der Waals surface area contributed by atoms with Gasteiger partial charge >= 0.3 is 5.97 Å². The minimum atomic E-state index is -3.97. The van der Waals surface area contributed by atoms with Crippen LogP contribution in [0.5, 0.6) is 11.5 Å². The number of ether oxygens (including phenoxy) is 3. The molecule has 0 saturated heterocycles. The van der Waals surface area contributed by atoms with E-state index in [0.29, 0.717) is 31.0 Å². The maximum absolute atomic E-state index is 13.7. The quantitative estimate of drug-likeness (QED) is 0.438. The summed E-state index contributed by atoms with van der Waals surface area (Å²) in [6.45, 7) is 2.72. The molecule has 1 aliphatic heterocycles. The molecule has 4 rings (SSSR count). The number of methoxy groups -OCH3 is 1. The maximum Gasteiger partial charge on any atom is 0.338 e. The molecule has 0 fully saturated rings. The predicted octanol–water partition coefficient (Wildman–Crippen LogP) is 4.59. The Kier molecular flexibility index (Phi) is 7.07. The Morgan fingerprint density at radius 1 is 1.00 bits per heavy atom. The van der Waals surface area contributed by atoms with Crippen molar-refractivity contribution in [2.24, 2.45) is 0 Å². The lowest BCUT2D eigenvalue weighted by Crippen LogP contribution is -2.35. The standard InChI is InChI=1S/C26H27NO6S/c1-3-32-23-13-7-5-10-21(23)18-33-26(28)20-14-15-24(31-2)25(17-20)34(29,30)27-16-8-11-19-9-4-6-12-22(19)27/h4-7,9-10,12-15,17H,3,8,11,16,18H2,1-2H3. The summed E-state index contributed by atoms with van der Waals surface area (Å²) in [4.78, 5) is 12.8. The van der Waals surface area contributed by atoms with Crippen molar-refractivity contribution < 1.29 is 27.4 Å². The molecule has 1 heterocycles. The highest BCUT2D eigenvalue weighted by molar-refractivity contribution is 7.93. The molecule has 34 heavy (non-hydrogen) atoms. The zero-order valence-corrected chi connectivity index (χ0v) is 20.0. The topological polar surface area (TPSA) is 82.1 Å². The van der Waals surface area contributed by atoms with Crippen LogP contribution in [-0.4, -0.2) is 34.6 Å². The highest BCUT2D eigenvalue weighted by Crippen LogP contribution is 2.35. The van der Waals surface area contributed by atoms with Crippen LogP contribution in [0.15, 0.2) is 71.6 Å². The van der Waals surface area contributed by atoms with Crippen LogP contribution in [-0.2, 0) is 27.8 Å². The molecule has 7 nitrogen and oxygen atoms in total. The van der Waals surface area contributed by atoms with Crippen LogP contribution in [0.1, 0.15) is 34.8 Å². The molecule has 0 spiro atoms. The van der Waals surface area contributed by atoms with Gasteiger partial charge in [-0.2, -0.15) is 0 Å². The summed E-state index contributed by atoms with van der Waals surface area (Å²) in [7, 11) is -2.57. The van der Waals surface area contributed by atoms with Crippen molar-refractivity contribution in [2.45, 2.75) is 31.3 Å². The first kappa shape index (κ1) is 23.6. The molecule has 0 atom stereocenters. The van der Waals surface area contributed by atoms with Crippen LogP contribution < -0.4 is 13.8 Å². The molecule has 0 N–H and O–H groups in total. The van der Waals surface area contributed by atoms with Crippen molar-refractivity contribution in [3.63, 3.8) is 0 Å². The first-order valence-electron chi connectivity index (χ1n) is 11.1. The van der Waals surface area contributed by atoms with Crippen molar-refractivity contribution in [3.05, 3.63) is 83.4 Å². The minimum absolute atomic E-state index is 0.00260. The van der Waals surface area contributed by atoms with Gasteiger partial charge in [0.25, 0.3) is 10.0 Å². The van der Waals surface area contributed by atoms with Gasteiger partial charge in [0.2, 0.25) is 0 Å². The lowest BCUT2D eigenvalue weighted by Gasteiger charge is -2.31. The Hall–Kier alpha value is -3.52. The zero-order valence-electron chi connectivity index (χ0n) is 19.2. The molecular weight excluding hydrogens is 454 g/mol. The molecule has 0 bridgehead atoms. The van der Waals surface area contributed by atoms with Gasteiger partial charge in [-0.25, -0.2) is 13.2 Å². The minimum Gasteiger partial charge on any atom is -0.495 e. The lowest BCUT2D eigenvalue weighted by molar-refractivity contribution is 0.0469. The second-order valence-corrected chi connectivity index (χ2v) is 9.62. The SMILES string of the molecule is CCOc1ccccc1COC(=O)c1ccc(OC)c(S(=O)(=O)N2CCCc3ccccc32)c1. The van der Waals surface area contributed by atoms with Crippen molar-refractivity contribution in [1.82, 2.24) is 0 Å². The number of fused-ring (bicyclic) bond motifs is 1. The average molecular weight is 482 g/mol. The van der Waals surface area contributed by atoms with E-state index >= 15 is 0 Å². The number of anilines is 1. The molecule has 0 aromatic heterocycles. The molecule has 3 aromatic carbocycles. The fourth-order valence-corrected chi connectivity index (χ4v) is 5.74. The number of nitrogens with zero attached hydrogens (tertiary/aromatic N) is 1. The normalized spacial score (nSPS) is 13.2. The number of aryl methyl sites for hydroxylation is 1. The van der Waals surface area contributed by atoms with E-state index in [1.807, 2.05) is 43.3 Å². The van der Waals surface area contributed by atoms with Crippen molar-refractivity contribution in [3.8, 4) is 11.5 Å². The second-order valence-electron chi connectivity index (χ2n) is 7.79. The summed E-state index contributed by atoms with van der Waals surface area (Å²) < 4.78 is 45.1. The van der Waals surface area contributed by atoms with Gasteiger partial charge in [0.15, 0.2) is 0 Å². The molecule has 0 amide bonds. The first-order valence-corrected chi connectivity index (χ1v) is 12.6. The molecule has 3 aromatic rings. The number of sulfonamides is 1. The number of esters is 1. The third-order valence-corrected chi connectivity index (χ3v) is 7.50. The fraction of sp³-hybridized carbons (Fsp3) is 0.269. The van der Waals surface area contributed by atoms with Gasteiger partial charge in [0.05, 0.1) is 25.0 Å². The number of para-hydroxylation sites is 2. The monoisotopic (exact) mass is 481 g/mol. The summed E-state index contributed by atoms with van der Waals surface area (Å²) in [5.41, 5.74) is 2.47. The number of benzene rings is 3. The number of hydrogen-bond donors (Lipinski definition) is 0. The zero-order chi connectivity index (χ0) is 24.1. The Morgan fingerprint density at radius 3 is 2.56 bits per heavy atom. The summed E-state index contributed by atoms with van der Waals surface area (Å²) in [5.74, 6) is 0.172. The van der Waals surface area contributed by atoms with Gasteiger partial charge in [-0.05, 0) is 55.7 Å². The number of hydrogen-bond acceptors (Lipinski definition) is 6. The van der Waals surface area contributed by atoms with Gasteiger partial charge in [-0.15, -0.1) is 0 Å². The van der Waals surface area contributed by atoms with Gasteiger partial charge < -0.3 is 14.2 Å². The number of carbonyl (C=O) groups is 1. The van der Waals surface area contributed by atoms with Crippen LogP contribution in [0.4, 0.5) is 5.69 Å². The van der Waals surface area contributed by atoms with Crippen LogP contribution in [0, 0.1) is 0 Å². The van der Waals surface area contributed by atoms with E-state index in [9.17, 15) is 13.2 Å². The largest absolute Gasteiger partial charge is 0.495 e. The number of rotatable bonds is 8. The average Bonchev–Trinajstić information content (AvgIpc) is 2.87. The van der Waals surface area contributed by atoms with Crippen LogP contribution >= 0.6 is 0 Å². The van der Waals surface area contributed by atoms with E-state index < -0.39 is 16.0 Å². The molecule has 0 aliphatic carbocycles. The van der Waals surface area contributed by atoms with Crippen molar-refractivity contribution in [2.75, 3.05) is 24.6 Å². The van der Waals surface area contributed by atoms with Crippen molar-refractivity contribution >= 4 is 21.7 Å². The molecule has 0 unspecified atom stereocenters. The van der Waals surface area contributed by atoms with E-state index in [-0.39, 0.29) is 22.8 Å². The third kappa shape index (κ3) is 4.72. The summed E-state index contributed by atoms with van der Waals surface area (Å²) in [5, 5.41) is 0. The molecule has 1 aliphatic rings. The van der Waals surface area contributed by atoms with E-state index in [1.54, 1.807) is 12.1 Å². The third-order valence-electron chi connectivity index (χ3n) is 5.67. The van der Waals surface area contributed by atoms with Gasteiger partial charge in [-0.3, -0.25) is 4.31 Å². The highest BCUT2D eigenvalue weighted by atomic mass is 32.2. The predicted molar refractivity (Wildman–Crippen MR) is 129 cm³/mol. The Morgan fingerprint density at radius 2 is 1.76 bits per heavy atom. The molecule has 8 heteroatoms. The van der Waals surface area contributed by atoms with Gasteiger partial charge in [-0.1, -0.05) is 36.4 Å². The van der Waals surface area contributed by atoms with Crippen LogP contribution in [0.3, 0.4) is 0 Å². The Labute approximate surface area is 199 Å². The van der Waals surface area contributed by atoms with Gasteiger partial charge in [0, 0.05) is 12.1 Å². The van der Waals surface area contributed by atoms with E-state index in [0.717, 1.165) is 17.5 Å². The number of carbonyl (C=O) groups excluding carboxylic acids is 1. The molecule has 178 valence electrons.